The van der Waals surface area contributed by atoms with Crippen molar-refractivity contribution in [3.63, 3.8) is 0 Å². The third-order valence-electron chi connectivity index (χ3n) is 4.60. The van der Waals surface area contributed by atoms with Gasteiger partial charge in [-0.05, 0) is 36.4 Å². The van der Waals surface area contributed by atoms with E-state index in [1.54, 1.807) is 6.07 Å². The number of thiophene rings is 1. The number of nitrogens with zero attached hydrogens (tertiary/aromatic N) is 3. The summed E-state index contributed by atoms with van der Waals surface area (Å²) < 4.78 is 0. The van der Waals surface area contributed by atoms with Crippen LogP contribution in [0.5, 0.6) is 0 Å². The SMILES string of the molecule is O=C(CCNC(=O)c1cccs1)Nc1nc2ccccc2nc1N1CCCC1. The van der Waals surface area contributed by atoms with E-state index in [4.69, 9.17) is 4.98 Å². The Morgan fingerprint density at radius 2 is 1.79 bits per heavy atom. The molecule has 7 nitrogen and oxygen atoms in total. The van der Waals surface area contributed by atoms with Gasteiger partial charge in [0.1, 0.15) is 0 Å². The van der Waals surface area contributed by atoms with E-state index in [1.165, 1.54) is 11.3 Å². The van der Waals surface area contributed by atoms with E-state index in [2.05, 4.69) is 20.5 Å². The predicted octanol–water partition coefficient (Wildman–Crippen LogP) is 3.05. The average Bonchev–Trinajstić information content (AvgIpc) is 3.41. The van der Waals surface area contributed by atoms with Crippen LogP contribution in [0.25, 0.3) is 11.0 Å². The summed E-state index contributed by atoms with van der Waals surface area (Å²) >= 11 is 1.37. The zero-order valence-corrected chi connectivity index (χ0v) is 16.2. The van der Waals surface area contributed by atoms with Crippen molar-refractivity contribution >= 4 is 45.8 Å². The molecule has 0 radical (unpaired) electrons. The molecule has 28 heavy (non-hydrogen) atoms. The molecular formula is C20H21N5O2S. The number of benzene rings is 1. The van der Waals surface area contributed by atoms with Crippen molar-refractivity contribution in [1.82, 2.24) is 15.3 Å². The molecule has 0 unspecified atom stereocenters. The standard InChI is InChI=1S/C20H21N5O2S/c26-17(9-10-21-20(27)16-8-5-13-28-16)24-18-19(25-11-3-4-12-25)23-15-7-2-1-6-14(15)22-18/h1-2,5-8,13H,3-4,9-12H2,(H,21,27)(H,22,24,26). The van der Waals surface area contributed by atoms with E-state index in [0.717, 1.165) is 37.0 Å². The normalized spacial score (nSPS) is 13.6. The number of carbonyl (C=O) groups excluding carboxylic acids is 2. The quantitative estimate of drug-likeness (QED) is 0.670. The molecule has 1 fully saturated rings. The summed E-state index contributed by atoms with van der Waals surface area (Å²) in [6.45, 7) is 2.09. The molecule has 2 aromatic heterocycles. The fourth-order valence-electron chi connectivity index (χ4n) is 3.20. The van der Waals surface area contributed by atoms with Crippen LogP contribution < -0.4 is 15.5 Å². The highest BCUT2D eigenvalue weighted by Gasteiger charge is 2.20. The Labute approximate surface area is 166 Å². The van der Waals surface area contributed by atoms with E-state index < -0.39 is 0 Å². The van der Waals surface area contributed by atoms with E-state index >= 15 is 0 Å². The van der Waals surface area contributed by atoms with Crippen LogP contribution in [-0.4, -0.2) is 41.4 Å². The lowest BCUT2D eigenvalue weighted by Gasteiger charge is -2.20. The Balaban J connectivity index is 1.44. The maximum absolute atomic E-state index is 12.4. The van der Waals surface area contributed by atoms with E-state index in [0.29, 0.717) is 16.5 Å². The molecule has 2 amide bonds. The molecule has 0 bridgehead atoms. The number of rotatable bonds is 6. The van der Waals surface area contributed by atoms with Crippen molar-refractivity contribution in [3.05, 3.63) is 46.7 Å². The van der Waals surface area contributed by atoms with Gasteiger partial charge in [-0.1, -0.05) is 18.2 Å². The van der Waals surface area contributed by atoms with Crippen LogP contribution in [-0.2, 0) is 4.79 Å². The highest BCUT2D eigenvalue weighted by Crippen LogP contribution is 2.27. The van der Waals surface area contributed by atoms with Crippen LogP contribution in [0.4, 0.5) is 11.6 Å². The number of hydrogen-bond acceptors (Lipinski definition) is 6. The van der Waals surface area contributed by atoms with Crippen LogP contribution in [0.2, 0.25) is 0 Å². The Morgan fingerprint density at radius 1 is 1.04 bits per heavy atom. The fraction of sp³-hybridized carbons (Fsp3) is 0.300. The second-order valence-electron chi connectivity index (χ2n) is 6.61. The molecule has 8 heteroatoms. The molecule has 1 saturated heterocycles. The molecule has 1 aromatic carbocycles. The maximum Gasteiger partial charge on any atom is 0.261 e. The highest BCUT2D eigenvalue weighted by atomic mass is 32.1. The third-order valence-corrected chi connectivity index (χ3v) is 5.47. The number of para-hydroxylation sites is 2. The summed E-state index contributed by atoms with van der Waals surface area (Å²) in [5.41, 5.74) is 1.55. The summed E-state index contributed by atoms with van der Waals surface area (Å²) in [5.74, 6) is 0.838. The van der Waals surface area contributed by atoms with Crippen molar-refractivity contribution in [2.45, 2.75) is 19.3 Å². The van der Waals surface area contributed by atoms with Gasteiger partial charge in [0, 0.05) is 26.1 Å². The third kappa shape index (κ3) is 4.12. The van der Waals surface area contributed by atoms with Gasteiger partial charge >= 0.3 is 0 Å². The summed E-state index contributed by atoms with van der Waals surface area (Å²) in [5, 5.41) is 7.50. The minimum atomic E-state index is -0.198. The van der Waals surface area contributed by atoms with Crippen LogP contribution in [0.3, 0.4) is 0 Å². The first kappa shape index (κ1) is 18.4. The first-order chi connectivity index (χ1) is 13.7. The van der Waals surface area contributed by atoms with E-state index in [1.807, 2.05) is 35.7 Å². The smallest absolute Gasteiger partial charge is 0.261 e. The lowest BCUT2D eigenvalue weighted by Crippen LogP contribution is -2.28. The van der Waals surface area contributed by atoms with Gasteiger partial charge in [0.15, 0.2) is 11.6 Å². The van der Waals surface area contributed by atoms with Gasteiger partial charge in [-0.15, -0.1) is 11.3 Å². The topological polar surface area (TPSA) is 87.2 Å². The first-order valence-electron chi connectivity index (χ1n) is 9.34. The zero-order valence-electron chi connectivity index (χ0n) is 15.4. The van der Waals surface area contributed by atoms with Crippen molar-refractivity contribution in [1.29, 1.82) is 0 Å². The van der Waals surface area contributed by atoms with Gasteiger partial charge in [-0.25, -0.2) is 9.97 Å². The van der Waals surface area contributed by atoms with Gasteiger partial charge in [0.05, 0.1) is 15.9 Å². The molecule has 4 rings (SSSR count). The zero-order chi connectivity index (χ0) is 19.3. The first-order valence-corrected chi connectivity index (χ1v) is 10.2. The molecule has 0 spiro atoms. The number of nitrogens with one attached hydrogen (secondary N) is 2. The molecule has 0 saturated carbocycles. The average molecular weight is 395 g/mol. The maximum atomic E-state index is 12.4. The second kappa shape index (κ2) is 8.35. The Kier molecular flexibility index (Phi) is 5.48. The van der Waals surface area contributed by atoms with E-state index in [9.17, 15) is 9.59 Å². The summed E-state index contributed by atoms with van der Waals surface area (Å²) in [6.07, 6.45) is 2.39. The second-order valence-corrected chi connectivity index (χ2v) is 7.56. The van der Waals surface area contributed by atoms with Gasteiger partial charge in [-0.3, -0.25) is 9.59 Å². The largest absolute Gasteiger partial charge is 0.354 e. The molecule has 3 heterocycles. The van der Waals surface area contributed by atoms with Crippen molar-refractivity contribution < 1.29 is 9.59 Å². The monoisotopic (exact) mass is 395 g/mol. The van der Waals surface area contributed by atoms with Gasteiger partial charge in [0.25, 0.3) is 5.91 Å². The minimum absolute atomic E-state index is 0.161. The number of carbonyl (C=O) groups is 2. The molecule has 0 atom stereocenters. The lowest BCUT2D eigenvalue weighted by molar-refractivity contribution is -0.116. The number of hydrogen-bond donors (Lipinski definition) is 2. The molecule has 2 N–H and O–H groups in total. The van der Waals surface area contributed by atoms with Crippen molar-refractivity contribution in [2.24, 2.45) is 0 Å². The van der Waals surface area contributed by atoms with Crippen LogP contribution in [0.15, 0.2) is 41.8 Å². The Morgan fingerprint density at radius 3 is 2.50 bits per heavy atom. The fourth-order valence-corrected chi connectivity index (χ4v) is 3.84. The van der Waals surface area contributed by atoms with Crippen LogP contribution in [0.1, 0.15) is 28.9 Å². The molecule has 3 aromatic rings. The van der Waals surface area contributed by atoms with Crippen molar-refractivity contribution in [3.8, 4) is 0 Å². The summed E-state index contributed by atoms with van der Waals surface area (Å²) in [7, 11) is 0. The number of aromatic nitrogens is 2. The number of amides is 2. The van der Waals surface area contributed by atoms with Crippen molar-refractivity contribution in [2.75, 3.05) is 29.9 Å². The molecular weight excluding hydrogens is 374 g/mol. The van der Waals surface area contributed by atoms with Gasteiger partial charge in [-0.2, -0.15) is 0 Å². The highest BCUT2D eigenvalue weighted by molar-refractivity contribution is 7.12. The van der Waals surface area contributed by atoms with Gasteiger partial charge in [0.2, 0.25) is 5.91 Å². The van der Waals surface area contributed by atoms with Crippen LogP contribution in [0, 0.1) is 0 Å². The minimum Gasteiger partial charge on any atom is -0.354 e. The predicted molar refractivity (Wildman–Crippen MR) is 111 cm³/mol. The van der Waals surface area contributed by atoms with Gasteiger partial charge < -0.3 is 15.5 Å². The Hall–Kier alpha value is -3.00. The molecule has 1 aliphatic rings. The lowest BCUT2D eigenvalue weighted by atomic mass is 10.3. The number of fused-ring (bicyclic) bond motifs is 1. The Bertz CT molecular complexity index is 983. The molecule has 0 aliphatic carbocycles. The molecule has 144 valence electrons. The number of anilines is 2. The van der Waals surface area contributed by atoms with Crippen LogP contribution >= 0.6 is 11.3 Å². The molecule has 1 aliphatic heterocycles. The summed E-state index contributed by atoms with van der Waals surface area (Å²) in [6, 6.07) is 11.2. The van der Waals surface area contributed by atoms with E-state index in [-0.39, 0.29) is 24.8 Å². The summed E-state index contributed by atoms with van der Waals surface area (Å²) in [4.78, 5) is 36.5.